The number of halogens is 1. The Labute approximate surface area is 175 Å². The molecule has 0 atom stereocenters. The lowest BCUT2D eigenvalue weighted by Gasteiger charge is -2.06. The van der Waals surface area contributed by atoms with Gasteiger partial charge in [-0.3, -0.25) is 9.59 Å². The Kier molecular flexibility index (Phi) is 4.38. The van der Waals surface area contributed by atoms with Crippen LogP contribution in [0.15, 0.2) is 92.5 Å². The first kappa shape index (κ1) is 18.2. The van der Waals surface area contributed by atoms with Gasteiger partial charge in [0, 0.05) is 27.7 Å². The van der Waals surface area contributed by atoms with E-state index in [1.807, 2.05) is 18.2 Å². The lowest BCUT2D eigenvalue weighted by molar-refractivity contribution is 0.0998. The highest BCUT2D eigenvalue weighted by Crippen LogP contribution is 2.26. The van der Waals surface area contributed by atoms with E-state index in [9.17, 15) is 9.59 Å². The monoisotopic (exact) mass is 415 g/mol. The maximum atomic E-state index is 12.6. The molecule has 0 spiro atoms. The summed E-state index contributed by atoms with van der Waals surface area (Å²) in [5, 5.41) is 4.58. The summed E-state index contributed by atoms with van der Waals surface area (Å²) < 4.78 is 11.5. The van der Waals surface area contributed by atoms with Crippen molar-refractivity contribution < 1.29 is 13.6 Å². The summed E-state index contributed by atoms with van der Waals surface area (Å²) in [4.78, 5) is 25.2. The topological polar surface area (TPSA) is 72.5 Å². The van der Waals surface area contributed by atoms with Gasteiger partial charge < -0.3 is 14.2 Å². The van der Waals surface area contributed by atoms with E-state index in [2.05, 4.69) is 5.32 Å². The second-order valence-corrected chi connectivity index (χ2v) is 7.23. The molecule has 1 N–H and O–H groups in total. The molecule has 0 aliphatic rings. The highest BCUT2D eigenvalue weighted by molar-refractivity contribution is 6.30. The van der Waals surface area contributed by atoms with Crippen LogP contribution in [0.25, 0.3) is 33.3 Å². The van der Waals surface area contributed by atoms with Gasteiger partial charge in [0.25, 0.3) is 5.91 Å². The van der Waals surface area contributed by atoms with Crippen molar-refractivity contribution in [2.24, 2.45) is 0 Å². The number of rotatable bonds is 3. The maximum absolute atomic E-state index is 12.6. The van der Waals surface area contributed by atoms with Crippen molar-refractivity contribution in [3.8, 4) is 11.3 Å². The number of fused-ring (bicyclic) bond motifs is 2. The molecular formula is C24H14ClNO4. The quantitative estimate of drug-likeness (QED) is 0.385. The van der Waals surface area contributed by atoms with Crippen molar-refractivity contribution in [1.82, 2.24) is 0 Å². The van der Waals surface area contributed by atoms with Crippen molar-refractivity contribution in [3.05, 3.63) is 99.9 Å². The van der Waals surface area contributed by atoms with Crippen molar-refractivity contribution in [2.75, 3.05) is 5.32 Å². The molecule has 146 valence electrons. The van der Waals surface area contributed by atoms with Gasteiger partial charge in [-0.1, -0.05) is 29.8 Å². The highest BCUT2D eigenvalue weighted by atomic mass is 35.5. The predicted molar refractivity (Wildman–Crippen MR) is 117 cm³/mol. The van der Waals surface area contributed by atoms with Gasteiger partial charge in [-0.2, -0.15) is 0 Å². The van der Waals surface area contributed by atoms with Crippen molar-refractivity contribution >= 4 is 45.1 Å². The fourth-order valence-electron chi connectivity index (χ4n) is 3.28. The van der Waals surface area contributed by atoms with Crippen LogP contribution in [-0.4, -0.2) is 5.91 Å². The van der Waals surface area contributed by atoms with Crippen molar-refractivity contribution in [2.45, 2.75) is 0 Å². The molecule has 5 rings (SSSR count). The second-order valence-electron chi connectivity index (χ2n) is 6.80. The van der Waals surface area contributed by atoms with E-state index in [-0.39, 0.29) is 11.2 Å². The number of benzene rings is 3. The van der Waals surface area contributed by atoms with Gasteiger partial charge in [0.05, 0.1) is 5.39 Å². The Morgan fingerprint density at radius 3 is 2.43 bits per heavy atom. The molecule has 2 heterocycles. The minimum Gasteiger partial charge on any atom is -0.456 e. The van der Waals surface area contributed by atoms with E-state index in [1.54, 1.807) is 54.6 Å². The molecule has 1 amide bonds. The summed E-state index contributed by atoms with van der Waals surface area (Å²) in [6, 6.07) is 22.5. The number of carbonyl (C=O) groups excluding carboxylic acids is 1. The molecule has 0 radical (unpaired) electrons. The lowest BCUT2D eigenvalue weighted by Crippen LogP contribution is -2.11. The van der Waals surface area contributed by atoms with E-state index in [0.717, 1.165) is 10.9 Å². The fraction of sp³-hybridized carbons (Fsp3) is 0. The molecule has 30 heavy (non-hydrogen) atoms. The van der Waals surface area contributed by atoms with Crippen molar-refractivity contribution in [1.29, 1.82) is 0 Å². The summed E-state index contributed by atoms with van der Waals surface area (Å²) in [5.74, 6) is 0.248. The Morgan fingerprint density at radius 2 is 1.63 bits per heavy atom. The molecule has 0 aliphatic carbocycles. The van der Waals surface area contributed by atoms with E-state index >= 15 is 0 Å². The third-order valence-electron chi connectivity index (χ3n) is 4.76. The Morgan fingerprint density at radius 1 is 0.833 bits per heavy atom. The average Bonchev–Trinajstić information content (AvgIpc) is 3.19. The molecule has 6 heteroatoms. The first-order valence-corrected chi connectivity index (χ1v) is 9.58. The first-order valence-electron chi connectivity index (χ1n) is 9.21. The third kappa shape index (κ3) is 3.36. The molecule has 2 aromatic heterocycles. The summed E-state index contributed by atoms with van der Waals surface area (Å²) in [6.07, 6.45) is 0. The van der Waals surface area contributed by atoms with Gasteiger partial charge >= 0.3 is 0 Å². The number of para-hydroxylation sites is 1. The van der Waals surface area contributed by atoms with Crippen molar-refractivity contribution in [3.63, 3.8) is 0 Å². The van der Waals surface area contributed by atoms with Gasteiger partial charge in [-0.15, -0.1) is 0 Å². The SMILES string of the molecule is O=C(Nc1ccc2oc(-c3ccc(Cl)cc3)cc(=O)c2c1)c1cc2ccccc2o1. The molecule has 0 fully saturated rings. The highest BCUT2D eigenvalue weighted by Gasteiger charge is 2.14. The number of nitrogens with one attached hydrogen (secondary N) is 1. The zero-order chi connectivity index (χ0) is 20.7. The van der Waals surface area contributed by atoms with E-state index < -0.39 is 5.91 Å². The number of hydrogen-bond acceptors (Lipinski definition) is 4. The number of anilines is 1. The molecule has 5 aromatic rings. The number of hydrogen-bond donors (Lipinski definition) is 1. The van der Waals surface area contributed by atoms with Crippen LogP contribution in [0.5, 0.6) is 0 Å². The standard InChI is InChI=1S/C24H14ClNO4/c25-16-7-5-14(6-8-16)22-13-19(27)18-12-17(9-10-21(18)30-22)26-24(28)23-11-15-3-1-2-4-20(15)29-23/h1-13H,(H,26,28). The predicted octanol–water partition coefficient (Wildman–Crippen LogP) is 6.11. The van der Waals surface area contributed by atoms with Crippen LogP contribution in [0, 0.1) is 0 Å². The molecule has 0 aliphatic heterocycles. The minimum absolute atomic E-state index is 0.196. The largest absolute Gasteiger partial charge is 0.456 e. The molecule has 0 saturated heterocycles. The molecule has 5 nitrogen and oxygen atoms in total. The Balaban J connectivity index is 1.46. The fourth-order valence-corrected chi connectivity index (χ4v) is 3.40. The van der Waals surface area contributed by atoms with Crippen LogP contribution in [0.3, 0.4) is 0 Å². The summed E-state index contributed by atoms with van der Waals surface area (Å²) in [6.45, 7) is 0. The molecule has 0 bridgehead atoms. The van der Waals surface area contributed by atoms with E-state index in [4.69, 9.17) is 20.4 Å². The lowest BCUT2D eigenvalue weighted by atomic mass is 10.1. The molecule has 3 aromatic carbocycles. The average molecular weight is 416 g/mol. The number of carbonyl (C=O) groups is 1. The van der Waals surface area contributed by atoms with Gasteiger partial charge in [0.1, 0.15) is 16.9 Å². The van der Waals surface area contributed by atoms with Crippen LogP contribution in [0.1, 0.15) is 10.6 Å². The van der Waals surface area contributed by atoms with Gasteiger partial charge in [-0.25, -0.2) is 0 Å². The zero-order valence-electron chi connectivity index (χ0n) is 15.5. The summed E-state index contributed by atoms with van der Waals surface area (Å²) >= 11 is 5.92. The van der Waals surface area contributed by atoms with Gasteiger partial charge in [0.2, 0.25) is 0 Å². The summed E-state index contributed by atoms with van der Waals surface area (Å²) in [5.41, 5.74) is 2.08. The second kappa shape index (κ2) is 7.21. The van der Waals surface area contributed by atoms with Crippen LogP contribution in [-0.2, 0) is 0 Å². The molecule has 0 saturated carbocycles. The van der Waals surface area contributed by atoms with Crippen LogP contribution in [0.4, 0.5) is 5.69 Å². The number of furan rings is 1. The smallest absolute Gasteiger partial charge is 0.291 e. The van der Waals surface area contributed by atoms with Crippen LogP contribution < -0.4 is 10.7 Å². The maximum Gasteiger partial charge on any atom is 0.291 e. The summed E-state index contributed by atoms with van der Waals surface area (Å²) in [7, 11) is 0. The number of amides is 1. The normalized spacial score (nSPS) is 11.1. The van der Waals surface area contributed by atoms with Gasteiger partial charge in [0.15, 0.2) is 11.2 Å². The zero-order valence-corrected chi connectivity index (χ0v) is 16.3. The van der Waals surface area contributed by atoms with Crippen LogP contribution >= 0.6 is 11.6 Å². The minimum atomic E-state index is -0.396. The Hall–Kier alpha value is -3.83. The molecular weight excluding hydrogens is 402 g/mol. The molecule has 0 unspecified atom stereocenters. The van der Waals surface area contributed by atoms with E-state index in [1.165, 1.54) is 6.07 Å². The van der Waals surface area contributed by atoms with Crippen LogP contribution in [0.2, 0.25) is 5.02 Å². The first-order chi connectivity index (χ1) is 14.6. The van der Waals surface area contributed by atoms with Gasteiger partial charge in [-0.05, 0) is 54.6 Å². The third-order valence-corrected chi connectivity index (χ3v) is 5.02. The van der Waals surface area contributed by atoms with E-state index in [0.29, 0.717) is 33.0 Å². The Bertz CT molecular complexity index is 1430.